The van der Waals surface area contributed by atoms with E-state index in [0.717, 1.165) is 11.1 Å². The van der Waals surface area contributed by atoms with Gasteiger partial charge in [0.05, 0.1) is 0 Å². The van der Waals surface area contributed by atoms with Crippen LogP contribution in [0, 0.1) is 5.82 Å². The molecule has 0 spiro atoms. The Labute approximate surface area is 142 Å². The summed E-state index contributed by atoms with van der Waals surface area (Å²) in [6, 6.07) is 12.5. The number of halogens is 1. The van der Waals surface area contributed by atoms with Crippen LogP contribution in [0.3, 0.4) is 0 Å². The van der Waals surface area contributed by atoms with Crippen LogP contribution in [0.15, 0.2) is 42.5 Å². The summed E-state index contributed by atoms with van der Waals surface area (Å²) >= 11 is 0. The smallest absolute Gasteiger partial charge is 0.220 e. The molecule has 0 heterocycles. The molecule has 0 radical (unpaired) electrons. The van der Waals surface area contributed by atoms with Gasteiger partial charge < -0.3 is 16.0 Å². The monoisotopic (exact) mass is 329 g/mol. The molecule has 2 aromatic rings. The van der Waals surface area contributed by atoms with Crippen molar-refractivity contribution in [3.63, 3.8) is 0 Å². The molecule has 1 amide bonds. The molecule has 0 aliphatic carbocycles. The average Bonchev–Trinajstić information content (AvgIpc) is 2.54. The van der Waals surface area contributed by atoms with Crippen molar-refractivity contribution in [1.29, 1.82) is 0 Å². The number of nitrogen functional groups attached to an aromatic ring is 1. The van der Waals surface area contributed by atoms with Gasteiger partial charge in [-0.2, -0.15) is 0 Å². The number of rotatable bonds is 7. The van der Waals surface area contributed by atoms with E-state index in [1.165, 1.54) is 6.07 Å². The van der Waals surface area contributed by atoms with E-state index in [2.05, 4.69) is 5.32 Å². The lowest BCUT2D eigenvalue weighted by Crippen LogP contribution is -2.23. The van der Waals surface area contributed by atoms with E-state index in [9.17, 15) is 9.18 Å². The van der Waals surface area contributed by atoms with Gasteiger partial charge in [-0.25, -0.2) is 4.39 Å². The molecule has 0 bridgehead atoms. The Morgan fingerprint density at radius 2 is 1.92 bits per heavy atom. The van der Waals surface area contributed by atoms with E-state index < -0.39 is 0 Å². The molecule has 2 aromatic carbocycles. The van der Waals surface area contributed by atoms with Gasteiger partial charge in [0.2, 0.25) is 5.91 Å². The molecule has 2 rings (SSSR count). The highest BCUT2D eigenvalue weighted by atomic mass is 19.1. The molecule has 5 heteroatoms. The van der Waals surface area contributed by atoms with Gasteiger partial charge in [-0.05, 0) is 49.8 Å². The second kappa shape index (κ2) is 8.45. The predicted octanol–water partition coefficient (Wildman–Crippen LogP) is 2.72. The Hall–Kier alpha value is -2.40. The minimum Gasteiger partial charge on any atom is -0.399 e. The van der Waals surface area contributed by atoms with E-state index in [1.807, 2.05) is 43.3 Å². The molecule has 4 nitrogen and oxygen atoms in total. The molecular formula is C19H24FN3O. The molecule has 0 aliphatic heterocycles. The van der Waals surface area contributed by atoms with Crippen molar-refractivity contribution in [2.24, 2.45) is 0 Å². The first-order valence-electron chi connectivity index (χ1n) is 7.98. The van der Waals surface area contributed by atoms with E-state index >= 15 is 0 Å². The first-order valence-corrected chi connectivity index (χ1v) is 7.98. The summed E-state index contributed by atoms with van der Waals surface area (Å²) in [6.45, 7) is 0.921. The highest BCUT2D eigenvalue weighted by Crippen LogP contribution is 2.14. The number of hydrogen-bond acceptors (Lipinski definition) is 3. The van der Waals surface area contributed by atoms with Gasteiger partial charge in [0, 0.05) is 30.8 Å². The van der Waals surface area contributed by atoms with Crippen molar-refractivity contribution in [3.8, 4) is 0 Å². The summed E-state index contributed by atoms with van der Waals surface area (Å²) in [7, 11) is 3.78. The molecule has 3 N–H and O–H groups in total. The maximum atomic E-state index is 13.7. The zero-order valence-electron chi connectivity index (χ0n) is 14.2. The summed E-state index contributed by atoms with van der Waals surface area (Å²) in [4.78, 5) is 13.9. The molecule has 0 aliphatic rings. The van der Waals surface area contributed by atoms with Crippen LogP contribution in [0.25, 0.3) is 0 Å². The van der Waals surface area contributed by atoms with E-state index in [1.54, 1.807) is 12.1 Å². The third-order valence-electron chi connectivity index (χ3n) is 3.76. The molecule has 0 saturated heterocycles. The number of para-hydroxylation sites is 1. The van der Waals surface area contributed by atoms with Crippen LogP contribution in [0.4, 0.5) is 10.1 Å². The number of hydrogen-bond donors (Lipinski definition) is 2. The van der Waals surface area contributed by atoms with Gasteiger partial charge >= 0.3 is 0 Å². The summed E-state index contributed by atoms with van der Waals surface area (Å²) < 4.78 is 13.7. The molecule has 128 valence electrons. The SMILES string of the molecule is CN(C)Cc1cc(CNC(=O)CCc2ccccc2N)ccc1F. The summed E-state index contributed by atoms with van der Waals surface area (Å²) in [6.07, 6.45) is 0.980. The number of nitrogens with one attached hydrogen (secondary N) is 1. The van der Waals surface area contributed by atoms with Crippen molar-refractivity contribution in [2.75, 3.05) is 19.8 Å². The lowest BCUT2D eigenvalue weighted by molar-refractivity contribution is -0.121. The van der Waals surface area contributed by atoms with Crippen LogP contribution in [0.2, 0.25) is 0 Å². The number of carbonyl (C=O) groups is 1. The zero-order valence-corrected chi connectivity index (χ0v) is 14.2. The standard InChI is InChI=1S/C19H24FN3O/c1-23(2)13-16-11-14(7-9-17(16)20)12-22-19(24)10-8-15-5-3-4-6-18(15)21/h3-7,9,11H,8,10,12-13,21H2,1-2H3,(H,22,24). The third kappa shape index (κ3) is 5.35. The Balaban J connectivity index is 1.86. The van der Waals surface area contributed by atoms with Crippen LogP contribution < -0.4 is 11.1 Å². The van der Waals surface area contributed by atoms with Crippen molar-refractivity contribution in [1.82, 2.24) is 10.2 Å². The molecule has 0 fully saturated rings. The largest absolute Gasteiger partial charge is 0.399 e. The van der Waals surface area contributed by atoms with Crippen molar-refractivity contribution < 1.29 is 9.18 Å². The topological polar surface area (TPSA) is 58.4 Å². The highest BCUT2D eigenvalue weighted by molar-refractivity contribution is 5.76. The summed E-state index contributed by atoms with van der Waals surface area (Å²) in [5.74, 6) is -0.268. The second-order valence-corrected chi connectivity index (χ2v) is 6.14. The Morgan fingerprint density at radius 3 is 2.62 bits per heavy atom. The summed E-state index contributed by atoms with van der Waals surface area (Å²) in [5.41, 5.74) is 9.07. The lowest BCUT2D eigenvalue weighted by atomic mass is 10.1. The zero-order chi connectivity index (χ0) is 17.5. The van der Waals surface area contributed by atoms with E-state index in [0.29, 0.717) is 37.2 Å². The normalized spacial score (nSPS) is 10.8. The van der Waals surface area contributed by atoms with Gasteiger partial charge in [-0.1, -0.05) is 24.3 Å². The Bertz CT molecular complexity index is 701. The molecular weight excluding hydrogens is 305 g/mol. The number of amides is 1. The predicted molar refractivity (Wildman–Crippen MR) is 94.8 cm³/mol. The minimum absolute atomic E-state index is 0.0447. The van der Waals surface area contributed by atoms with Crippen LogP contribution in [-0.4, -0.2) is 24.9 Å². The van der Waals surface area contributed by atoms with Crippen molar-refractivity contribution in [2.45, 2.75) is 25.9 Å². The van der Waals surface area contributed by atoms with Crippen LogP contribution in [0.5, 0.6) is 0 Å². The van der Waals surface area contributed by atoms with Gasteiger partial charge in [-0.15, -0.1) is 0 Å². The number of carbonyl (C=O) groups excluding carboxylic acids is 1. The maximum Gasteiger partial charge on any atom is 0.220 e. The Morgan fingerprint density at radius 1 is 1.17 bits per heavy atom. The fraction of sp³-hybridized carbons (Fsp3) is 0.316. The van der Waals surface area contributed by atoms with Crippen LogP contribution >= 0.6 is 0 Å². The summed E-state index contributed by atoms with van der Waals surface area (Å²) in [5, 5.41) is 2.87. The van der Waals surface area contributed by atoms with E-state index in [-0.39, 0.29) is 11.7 Å². The fourth-order valence-corrected chi connectivity index (χ4v) is 2.50. The third-order valence-corrected chi connectivity index (χ3v) is 3.76. The second-order valence-electron chi connectivity index (χ2n) is 6.14. The number of aryl methyl sites for hydroxylation is 1. The number of nitrogens with two attached hydrogens (primary N) is 1. The van der Waals surface area contributed by atoms with Crippen molar-refractivity contribution >= 4 is 11.6 Å². The molecule has 0 unspecified atom stereocenters. The lowest BCUT2D eigenvalue weighted by Gasteiger charge is -2.12. The number of nitrogens with zero attached hydrogens (tertiary/aromatic N) is 1. The van der Waals surface area contributed by atoms with Crippen LogP contribution in [-0.2, 0) is 24.3 Å². The maximum absolute atomic E-state index is 13.7. The number of benzene rings is 2. The molecule has 0 aromatic heterocycles. The molecule has 24 heavy (non-hydrogen) atoms. The minimum atomic E-state index is -0.224. The van der Waals surface area contributed by atoms with Gasteiger partial charge in [0.25, 0.3) is 0 Å². The first kappa shape index (κ1) is 17.9. The fourth-order valence-electron chi connectivity index (χ4n) is 2.50. The highest BCUT2D eigenvalue weighted by Gasteiger charge is 2.07. The Kier molecular flexibility index (Phi) is 6.32. The van der Waals surface area contributed by atoms with Crippen LogP contribution in [0.1, 0.15) is 23.1 Å². The molecule has 0 atom stereocenters. The van der Waals surface area contributed by atoms with Gasteiger partial charge in [-0.3, -0.25) is 4.79 Å². The van der Waals surface area contributed by atoms with Crippen molar-refractivity contribution in [3.05, 3.63) is 65.0 Å². The number of anilines is 1. The van der Waals surface area contributed by atoms with Gasteiger partial charge in [0.1, 0.15) is 5.82 Å². The van der Waals surface area contributed by atoms with E-state index in [4.69, 9.17) is 5.73 Å². The quantitative estimate of drug-likeness (QED) is 0.768. The average molecular weight is 329 g/mol. The van der Waals surface area contributed by atoms with Gasteiger partial charge in [0.15, 0.2) is 0 Å². The molecule has 0 saturated carbocycles. The first-order chi connectivity index (χ1) is 11.5.